The number of hydrogen-bond donors (Lipinski definition) is 3. The number of nitrogens with two attached hydrogens (primary N) is 1. The third kappa shape index (κ3) is 4.44. The molecule has 0 saturated heterocycles. The van der Waals surface area contributed by atoms with Crippen molar-refractivity contribution in [2.45, 2.75) is 31.4 Å². The maximum Gasteiger partial charge on any atom is 0.188 e. The van der Waals surface area contributed by atoms with Crippen LogP contribution in [0.15, 0.2) is 22.5 Å². The lowest BCUT2D eigenvalue weighted by Crippen LogP contribution is -2.35. The van der Waals surface area contributed by atoms with Crippen LogP contribution in [0.25, 0.3) is 0 Å². The van der Waals surface area contributed by atoms with E-state index in [1.54, 1.807) is 6.92 Å². The first-order chi connectivity index (χ1) is 7.58. The van der Waals surface area contributed by atoms with Crippen molar-refractivity contribution in [2.24, 2.45) is 10.7 Å². The number of nitrogens with one attached hydrogen (secondary N) is 1. The standard InChI is InChI=1S/C11H17N3OS.HI/c1-11(15,9-3-2-6-16-9)7-13-10(12)14-8-4-5-8;/h2-3,6,8,15H,4-5,7H2,1H3,(H3,12,13,14);1H. The fourth-order valence-corrected chi connectivity index (χ4v) is 2.16. The summed E-state index contributed by atoms with van der Waals surface area (Å²) in [6.45, 7) is 2.05. The summed E-state index contributed by atoms with van der Waals surface area (Å²) in [7, 11) is 0. The summed E-state index contributed by atoms with van der Waals surface area (Å²) in [5, 5.41) is 15.2. The Kier molecular flexibility index (Phi) is 5.21. The molecule has 0 aromatic carbocycles. The van der Waals surface area contributed by atoms with Crippen molar-refractivity contribution in [3.8, 4) is 0 Å². The Morgan fingerprint density at radius 1 is 1.71 bits per heavy atom. The minimum atomic E-state index is -0.927. The number of hydrogen-bond acceptors (Lipinski definition) is 3. The SMILES string of the molecule is CC(O)(CN=C(N)NC1CC1)c1cccs1.I. The van der Waals surface area contributed by atoms with Gasteiger partial charge in [0.05, 0.1) is 6.54 Å². The van der Waals surface area contributed by atoms with Crippen LogP contribution in [0.1, 0.15) is 24.6 Å². The summed E-state index contributed by atoms with van der Waals surface area (Å²) >= 11 is 1.53. The molecule has 0 bridgehead atoms. The van der Waals surface area contributed by atoms with Gasteiger partial charge in [0.2, 0.25) is 0 Å². The quantitative estimate of drug-likeness (QED) is 0.431. The molecule has 0 radical (unpaired) electrons. The summed E-state index contributed by atoms with van der Waals surface area (Å²) in [5.74, 6) is 0.430. The van der Waals surface area contributed by atoms with Crippen LogP contribution in [0, 0.1) is 0 Å². The average molecular weight is 367 g/mol. The van der Waals surface area contributed by atoms with Gasteiger partial charge in [0.1, 0.15) is 5.60 Å². The van der Waals surface area contributed by atoms with Gasteiger partial charge in [0, 0.05) is 10.9 Å². The van der Waals surface area contributed by atoms with Crippen LogP contribution in [0.2, 0.25) is 0 Å². The first-order valence-electron chi connectivity index (χ1n) is 5.41. The minimum Gasteiger partial charge on any atom is -0.383 e. The molecule has 0 aliphatic heterocycles. The van der Waals surface area contributed by atoms with Gasteiger partial charge in [-0.25, -0.2) is 0 Å². The Labute approximate surface area is 122 Å². The average Bonchev–Trinajstić information content (AvgIpc) is 2.86. The molecule has 1 heterocycles. The molecule has 4 nitrogen and oxygen atoms in total. The molecule has 1 aliphatic carbocycles. The van der Waals surface area contributed by atoms with Crippen LogP contribution >= 0.6 is 35.3 Å². The van der Waals surface area contributed by atoms with Crippen molar-refractivity contribution in [3.63, 3.8) is 0 Å². The van der Waals surface area contributed by atoms with Crippen LogP contribution in [0.4, 0.5) is 0 Å². The Bertz CT molecular complexity index is 374. The largest absolute Gasteiger partial charge is 0.383 e. The predicted molar refractivity (Wildman–Crippen MR) is 82.0 cm³/mol. The van der Waals surface area contributed by atoms with E-state index in [4.69, 9.17) is 5.73 Å². The number of aliphatic imine (C=N–C) groups is 1. The lowest BCUT2D eigenvalue weighted by atomic mass is 10.1. The number of guanidine groups is 1. The van der Waals surface area contributed by atoms with Crippen LogP contribution in [-0.2, 0) is 5.60 Å². The highest BCUT2D eigenvalue weighted by atomic mass is 127. The molecule has 1 aromatic heterocycles. The molecule has 1 saturated carbocycles. The molecular weight excluding hydrogens is 349 g/mol. The molecule has 1 unspecified atom stereocenters. The molecular formula is C11H18IN3OS. The number of thiophene rings is 1. The van der Waals surface area contributed by atoms with E-state index in [1.807, 2.05) is 17.5 Å². The van der Waals surface area contributed by atoms with E-state index < -0.39 is 5.60 Å². The summed E-state index contributed by atoms with van der Waals surface area (Å²) in [5.41, 5.74) is 4.78. The monoisotopic (exact) mass is 367 g/mol. The zero-order valence-corrected chi connectivity index (χ0v) is 12.9. The van der Waals surface area contributed by atoms with E-state index in [9.17, 15) is 5.11 Å². The maximum absolute atomic E-state index is 10.2. The first-order valence-corrected chi connectivity index (χ1v) is 6.29. The molecule has 0 spiro atoms. The van der Waals surface area contributed by atoms with Crippen molar-refractivity contribution >= 4 is 41.3 Å². The number of aliphatic hydroxyl groups is 1. The third-order valence-electron chi connectivity index (χ3n) is 2.54. The summed E-state index contributed by atoms with van der Waals surface area (Å²) < 4.78 is 0. The van der Waals surface area contributed by atoms with Gasteiger partial charge in [-0.05, 0) is 31.2 Å². The van der Waals surface area contributed by atoms with Crippen molar-refractivity contribution in [1.29, 1.82) is 0 Å². The van der Waals surface area contributed by atoms with Gasteiger partial charge >= 0.3 is 0 Å². The smallest absolute Gasteiger partial charge is 0.188 e. The number of nitrogens with zero attached hydrogens (tertiary/aromatic N) is 1. The minimum absolute atomic E-state index is 0. The van der Waals surface area contributed by atoms with E-state index in [-0.39, 0.29) is 24.0 Å². The fourth-order valence-electron chi connectivity index (χ4n) is 1.38. The molecule has 1 aliphatic rings. The molecule has 2 rings (SSSR count). The van der Waals surface area contributed by atoms with E-state index >= 15 is 0 Å². The van der Waals surface area contributed by atoms with Gasteiger partial charge in [-0.3, -0.25) is 4.99 Å². The second-order valence-electron chi connectivity index (χ2n) is 4.37. The Balaban J connectivity index is 0.00000144. The lowest BCUT2D eigenvalue weighted by Gasteiger charge is -2.19. The van der Waals surface area contributed by atoms with Crippen molar-refractivity contribution in [3.05, 3.63) is 22.4 Å². The van der Waals surface area contributed by atoms with Crippen molar-refractivity contribution < 1.29 is 5.11 Å². The van der Waals surface area contributed by atoms with E-state index in [2.05, 4.69) is 10.3 Å². The van der Waals surface area contributed by atoms with Gasteiger partial charge in [0.15, 0.2) is 5.96 Å². The van der Waals surface area contributed by atoms with Crippen LogP contribution in [0.3, 0.4) is 0 Å². The predicted octanol–water partition coefficient (Wildman–Crippen LogP) is 1.64. The topological polar surface area (TPSA) is 70.6 Å². The summed E-state index contributed by atoms with van der Waals surface area (Å²) in [6.07, 6.45) is 2.33. The molecule has 17 heavy (non-hydrogen) atoms. The fraction of sp³-hybridized carbons (Fsp3) is 0.545. The Hall–Kier alpha value is -0.340. The zero-order chi connectivity index (χ0) is 11.6. The van der Waals surface area contributed by atoms with Gasteiger partial charge in [-0.1, -0.05) is 6.07 Å². The highest BCUT2D eigenvalue weighted by Gasteiger charge is 2.25. The summed E-state index contributed by atoms with van der Waals surface area (Å²) in [6, 6.07) is 4.32. The molecule has 1 atom stereocenters. The zero-order valence-electron chi connectivity index (χ0n) is 9.72. The molecule has 1 fully saturated rings. The lowest BCUT2D eigenvalue weighted by molar-refractivity contribution is 0.0712. The maximum atomic E-state index is 10.2. The van der Waals surface area contributed by atoms with Crippen LogP contribution in [0.5, 0.6) is 0 Å². The third-order valence-corrected chi connectivity index (χ3v) is 3.66. The molecule has 6 heteroatoms. The molecule has 96 valence electrons. The number of halogens is 1. The van der Waals surface area contributed by atoms with E-state index in [1.165, 1.54) is 11.3 Å². The van der Waals surface area contributed by atoms with Gasteiger partial charge in [-0.15, -0.1) is 35.3 Å². The number of rotatable bonds is 4. The van der Waals surface area contributed by atoms with E-state index in [0.717, 1.165) is 17.7 Å². The first kappa shape index (κ1) is 14.7. The summed E-state index contributed by atoms with van der Waals surface area (Å²) in [4.78, 5) is 5.08. The van der Waals surface area contributed by atoms with Crippen LogP contribution in [-0.4, -0.2) is 23.7 Å². The van der Waals surface area contributed by atoms with Gasteiger partial charge in [0.25, 0.3) is 0 Å². The van der Waals surface area contributed by atoms with Gasteiger partial charge < -0.3 is 16.2 Å². The van der Waals surface area contributed by atoms with E-state index in [0.29, 0.717) is 18.5 Å². The highest BCUT2D eigenvalue weighted by Crippen LogP contribution is 2.25. The molecule has 0 amide bonds. The Morgan fingerprint density at radius 3 is 2.94 bits per heavy atom. The Morgan fingerprint density at radius 2 is 2.41 bits per heavy atom. The second-order valence-corrected chi connectivity index (χ2v) is 5.32. The molecule has 4 N–H and O–H groups in total. The van der Waals surface area contributed by atoms with Crippen LogP contribution < -0.4 is 11.1 Å². The van der Waals surface area contributed by atoms with Crippen molar-refractivity contribution in [1.82, 2.24) is 5.32 Å². The second kappa shape index (κ2) is 6.01. The van der Waals surface area contributed by atoms with Gasteiger partial charge in [-0.2, -0.15) is 0 Å². The molecule has 1 aromatic rings. The highest BCUT2D eigenvalue weighted by molar-refractivity contribution is 14.0. The normalized spacial score (nSPS) is 19.3. The van der Waals surface area contributed by atoms with Crippen molar-refractivity contribution in [2.75, 3.05) is 6.54 Å².